The number of benzene rings is 2. The number of Topliss-reactive ketones (excluding diaryl/α,β-unsaturated/α-hetero) is 2. The molecule has 2 nitrogen and oxygen atoms in total. The van der Waals surface area contributed by atoms with Crippen molar-refractivity contribution in [3.8, 4) is 11.1 Å². The zero-order valence-electron chi connectivity index (χ0n) is 23.5. The second-order valence-corrected chi connectivity index (χ2v) is 11.4. The van der Waals surface area contributed by atoms with Gasteiger partial charge in [0.1, 0.15) is 0 Å². The molecule has 0 aliphatic heterocycles. The SMILES string of the molecule is CCCCCCCCCCCCC1CCC(c2ccc(-c3ccc(C(=O)CC(=O)C(F)(F)F)cc3)cc2)CC1. The maximum Gasteiger partial charge on any atom is 0.450 e. The maximum atomic E-state index is 12.4. The van der Waals surface area contributed by atoms with E-state index in [1.54, 1.807) is 12.1 Å². The van der Waals surface area contributed by atoms with Crippen LogP contribution in [0.5, 0.6) is 0 Å². The molecule has 0 N–H and O–H groups in total. The van der Waals surface area contributed by atoms with Gasteiger partial charge < -0.3 is 0 Å². The third-order valence-electron chi connectivity index (χ3n) is 8.37. The largest absolute Gasteiger partial charge is 0.450 e. The fraction of sp³-hybridized carbons (Fsp3) is 0.588. The summed E-state index contributed by atoms with van der Waals surface area (Å²) in [6.45, 7) is 2.27. The summed E-state index contributed by atoms with van der Waals surface area (Å²) < 4.78 is 37.3. The van der Waals surface area contributed by atoms with E-state index in [1.165, 1.54) is 114 Å². The van der Waals surface area contributed by atoms with Crippen LogP contribution in [0, 0.1) is 5.92 Å². The predicted octanol–water partition coefficient (Wildman–Crippen LogP) is 10.6. The molecule has 0 atom stereocenters. The summed E-state index contributed by atoms with van der Waals surface area (Å²) in [5.41, 5.74) is 3.37. The first-order chi connectivity index (χ1) is 18.8. The lowest BCUT2D eigenvalue weighted by Gasteiger charge is -2.29. The van der Waals surface area contributed by atoms with Gasteiger partial charge in [0.2, 0.25) is 5.78 Å². The van der Waals surface area contributed by atoms with Crippen molar-refractivity contribution < 1.29 is 22.8 Å². The Kier molecular flexibility index (Phi) is 12.7. The maximum absolute atomic E-state index is 12.4. The molecule has 1 aliphatic rings. The van der Waals surface area contributed by atoms with Gasteiger partial charge in [0.25, 0.3) is 0 Å². The number of ketones is 2. The van der Waals surface area contributed by atoms with Gasteiger partial charge >= 0.3 is 6.18 Å². The Morgan fingerprint density at radius 1 is 0.692 bits per heavy atom. The molecule has 0 saturated heterocycles. The minimum Gasteiger partial charge on any atom is -0.294 e. The van der Waals surface area contributed by atoms with Crippen molar-refractivity contribution in [2.24, 2.45) is 5.92 Å². The predicted molar refractivity (Wildman–Crippen MR) is 153 cm³/mol. The van der Waals surface area contributed by atoms with Crippen molar-refractivity contribution >= 4 is 11.6 Å². The van der Waals surface area contributed by atoms with E-state index >= 15 is 0 Å². The van der Waals surface area contributed by atoms with Crippen LogP contribution in [0.1, 0.15) is 131 Å². The van der Waals surface area contributed by atoms with Crippen LogP contribution in [-0.2, 0) is 4.79 Å². The van der Waals surface area contributed by atoms with Crippen LogP contribution in [0.4, 0.5) is 13.2 Å². The number of carbonyl (C=O) groups excluding carboxylic acids is 2. The molecule has 0 spiro atoms. The smallest absolute Gasteiger partial charge is 0.294 e. The van der Waals surface area contributed by atoms with Crippen molar-refractivity contribution in [3.05, 3.63) is 59.7 Å². The molecule has 1 saturated carbocycles. The molecule has 0 aromatic heterocycles. The van der Waals surface area contributed by atoms with Crippen molar-refractivity contribution in [3.63, 3.8) is 0 Å². The van der Waals surface area contributed by atoms with Crippen LogP contribution >= 0.6 is 0 Å². The first-order valence-corrected chi connectivity index (χ1v) is 15.1. The standard InChI is InChI=1S/C34H45F3O2/c1-2-3-4-5-6-7-8-9-10-11-12-26-13-15-27(16-14-26)28-17-19-29(20-18-28)30-21-23-31(24-22-30)32(38)25-33(39)34(35,36)37/h17-24,26-27H,2-16,25H2,1H3. The molecule has 0 amide bonds. The number of alkyl halides is 3. The topological polar surface area (TPSA) is 34.1 Å². The molecular weight excluding hydrogens is 497 g/mol. The normalized spacial score (nSPS) is 17.7. The molecule has 1 fully saturated rings. The fourth-order valence-corrected chi connectivity index (χ4v) is 5.85. The summed E-state index contributed by atoms with van der Waals surface area (Å²) in [5.74, 6) is -1.35. The third kappa shape index (κ3) is 10.6. The van der Waals surface area contributed by atoms with Gasteiger partial charge in [0, 0.05) is 5.56 Å². The van der Waals surface area contributed by atoms with Gasteiger partial charge in [-0.05, 0) is 54.2 Å². The summed E-state index contributed by atoms with van der Waals surface area (Å²) in [7, 11) is 0. The highest BCUT2D eigenvalue weighted by molar-refractivity contribution is 6.09. The second kappa shape index (κ2) is 16.0. The third-order valence-corrected chi connectivity index (χ3v) is 8.37. The van der Waals surface area contributed by atoms with E-state index in [0.29, 0.717) is 5.92 Å². The quantitative estimate of drug-likeness (QED) is 0.120. The summed E-state index contributed by atoms with van der Waals surface area (Å²) >= 11 is 0. The Labute approximate surface area is 232 Å². The number of rotatable bonds is 16. The lowest BCUT2D eigenvalue weighted by Crippen LogP contribution is -2.25. The zero-order valence-corrected chi connectivity index (χ0v) is 23.5. The molecule has 2 aromatic rings. The van der Waals surface area contributed by atoms with Crippen LogP contribution in [-0.4, -0.2) is 17.7 Å². The van der Waals surface area contributed by atoms with Gasteiger partial charge in [-0.1, -0.05) is 126 Å². The fourth-order valence-electron chi connectivity index (χ4n) is 5.85. The Balaban J connectivity index is 1.36. The summed E-state index contributed by atoms with van der Waals surface area (Å²) in [6, 6.07) is 15.0. The molecular formula is C34H45F3O2. The minimum atomic E-state index is -4.98. The molecule has 0 unspecified atom stereocenters. The van der Waals surface area contributed by atoms with E-state index in [2.05, 4.69) is 31.2 Å². The van der Waals surface area contributed by atoms with E-state index in [-0.39, 0.29) is 5.56 Å². The Morgan fingerprint density at radius 3 is 1.69 bits per heavy atom. The highest BCUT2D eigenvalue weighted by Crippen LogP contribution is 2.38. The van der Waals surface area contributed by atoms with E-state index in [0.717, 1.165) is 17.0 Å². The zero-order chi connectivity index (χ0) is 28.1. The first kappa shape index (κ1) is 31.1. The van der Waals surface area contributed by atoms with Gasteiger partial charge in [-0.15, -0.1) is 0 Å². The summed E-state index contributed by atoms with van der Waals surface area (Å²) in [4.78, 5) is 23.1. The first-order valence-electron chi connectivity index (χ1n) is 15.1. The molecule has 0 bridgehead atoms. The number of halogens is 3. The summed E-state index contributed by atoms with van der Waals surface area (Å²) in [5, 5.41) is 0. The van der Waals surface area contributed by atoms with E-state index in [4.69, 9.17) is 0 Å². The molecule has 0 heterocycles. The van der Waals surface area contributed by atoms with E-state index in [1.807, 2.05) is 0 Å². The van der Waals surface area contributed by atoms with Crippen LogP contribution < -0.4 is 0 Å². The average molecular weight is 543 g/mol. The van der Waals surface area contributed by atoms with Gasteiger partial charge in [0.05, 0.1) is 6.42 Å². The molecule has 39 heavy (non-hydrogen) atoms. The molecule has 0 radical (unpaired) electrons. The van der Waals surface area contributed by atoms with E-state index < -0.39 is 24.2 Å². The number of hydrogen-bond donors (Lipinski definition) is 0. The van der Waals surface area contributed by atoms with Crippen LogP contribution in [0.3, 0.4) is 0 Å². The Morgan fingerprint density at radius 2 is 1.18 bits per heavy atom. The highest BCUT2D eigenvalue weighted by Gasteiger charge is 2.39. The van der Waals surface area contributed by atoms with Gasteiger partial charge in [-0.3, -0.25) is 9.59 Å². The number of unbranched alkanes of at least 4 members (excludes halogenated alkanes) is 9. The van der Waals surface area contributed by atoms with Crippen molar-refractivity contribution in [2.75, 3.05) is 0 Å². The van der Waals surface area contributed by atoms with Crippen molar-refractivity contribution in [2.45, 2.75) is 122 Å². The monoisotopic (exact) mass is 542 g/mol. The lowest BCUT2D eigenvalue weighted by atomic mass is 9.77. The molecule has 3 rings (SSSR count). The molecule has 214 valence electrons. The number of hydrogen-bond acceptors (Lipinski definition) is 2. The molecule has 1 aliphatic carbocycles. The Bertz CT molecular complexity index is 1000. The van der Waals surface area contributed by atoms with E-state index in [9.17, 15) is 22.8 Å². The van der Waals surface area contributed by atoms with Gasteiger partial charge in [-0.25, -0.2) is 0 Å². The second-order valence-electron chi connectivity index (χ2n) is 11.4. The minimum absolute atomic E-state index is 0.113. The summed E-state index contributed by atoms with van der Waals surface area (Å²) in [6.07, 6.45) is 14.3. The van der Waals surface area contributed by atoms with Crippen LogP contribution in [0.15, 0.2) is 48.5 Å². The van der Waals surface area contributed by atoms with Gasteiger partial charge in [0.15, 0.2) is 5.78 Å². The Hall–Kier alpha value is -2.43. The van der Waals surface area contributed by atoms with Crippen molar-refractivity contribution in [1.82, 2.24) is 0 Å². The highest BCUT2D eigenvalue weighted by atomic mass is 19.4. The lowest BCUT2D eigenvalue weighted by molar-refractivity contribution is -0.170. The van der Waals surface area contributed by atoms with Gasteiger partial charge in [-0.2, -0.15) is 13.2 Å². The van der Waals surface area contributed by atoms with Crippen LogP contribution in [0.25, 0.3) is 11.1 Å². The molecule has 2 aromatic carbocycles. The van der Waals surface area contributed by atoms with Crippen molar-refractivity contribution in [1.29, 1.82) is 0 Å². The number of carbonyl (C=O) groups is 2. The molecule has 5 heteroatoms. The van der Waals surface area contributed by atoms with Crippen LogP contribution in [0.2, 0.25) is 0 Å². The average Bonchev–Trinajstić information content (AvgIpc) is 2.94.